The Balaban J connectivity index is 1.45. The highest BCUT2D eigenvalue weighted by atomic mass is 35.5. The van der Waals surface area contributed by atoms with E-state index in [0.717, 1.165) is 35.9 Å². The van der Waals surface area contributed by atoms with Crippen LogP contribution in [0.25, 0.3) is 0 Å². The average Bonchev–Trinajstić information content (AvgIpc) is 3.20. The summed E-state index contributed by atoms with van der Waals surface area (Å²) in [6.45, 7) is 0. The summed E-state index contributed by atoms with van der Waals surface area (Å²) in [6.07, 6.45) is 14.2. The van der Waals surface area contributed by atoms with E-state index in [4.69, 9.17) is 21.6 Å². The largest absolute Gasteiger partial charge is 0.298 e. The highest BCUT2D eigenvalue weighted by Gasteiger charge is 2.49. The van der Waals surface area contributed by atoms with Gasteiger partial charge < -0.3 is 0 Å². The maximum absolute atomic E-state index is 5.87. The van der Waals surface area contributed by atoms with Gasteiger partial charge in [0, 0.05) is 29.3 Å². The minimum Gasteiger partial charge on any atom is -0.298 e. The van der Waals surface area contributed by atoms with Gasteiger partial charge in [-0.2, -0.15) is 0 Å². The first kappa shape index (κ1) is 20.5. The molecule has 0 saturated heterocycles. The quantitative estimate of drug-likeness (QED) is 0.385. The number of hydrogen-bond acceptors (Lipinski definition) is 4. The number of halogens is 1. The minimum atomic E-state index is 0.0204. The van der Waals surface area contributed by atoms with Gasteiger partial charge in [0.2, 0.25) is 0 Å². The van der Waals surface area contributed by atoms with Crippen LogP contribution in [0.3, 0.4) is 0 Å². The van der Waals surface area contributed by atoms with E-state index in [1.54, 1.807) is 17.9 Å². The Kier molecular flexibility index (Phi) is 5.18. The Morgan fingerprint density at radius 1 is 0.848 bits per heavy atom. The zero-order valence-corrected chi connectivity index (χ0v) is 19.3. The lowest BCUT2D eigenvalue weighted by Crippen LogP contribution is -2.45. The molecule has 33 heavy (non-hydrogen) atoms. The van der Waals surface area contributed by atoms with E-state index in [-0.39, 0.29) is 6.17 Å². The highest BCUT2D eigenvalue weighted by Crippen LogP contribution is 2.58. The first-order valence-electron chi connectivity index (χ1n) is 11.7. The number of anilines is 4. The van der Waals surface area contributed by atoms with Crippen molar-refractivity contribution in [3.63, 3.8) is 0 Å². The molecule has 2 aromatic carbocycles. The van der Waals surface area contributed by atoms with Crippen LogP contribution in [0.1, 0.15) is 32.1 Å². The van der Waals surface area contributed by atoms with E-state index in [2.05, 4.69) is 82.6 Å². The summed E-state index contributed by atoms with van der Waals surface area (Å²) in [5.41, 5.74) is 5.81. The fourth-order valence-corrected chi connectivity index (χ4v) is 6.25. The number of benzene rings is 2. The van der Waals surface area contributed by atoms with Crippen molar-refractivity contribution in [2.75, 3.05) is 9.80 Å². The zero-order chi connectivity index (χ0) is 22.3. The van der Waals surface area contributed by atoms with Gasteiger partial charge in [-0.1, -0.05) is 60.2 Å². The Morgan fingerprint density at radius 3 is 1.97 bits per heavy atom. The van der Waals surface area contributed by atoms with Crippen LogP contribution < -0.4 is 9.80 Å². The van der Waals surface area contributed by atoms with Gasteiger partial charge in [-0.25, -0.2) is 9.97 Å². The van der Waals surface area contributed by atoms with E-state index >= 15 is 0 Å². The number of allylic oxidation sites excluding steroid dienone is 2. The average molecular weight is 455 g/mol. The molecular formula is C28H27ClN4. The topological polar surface area (TPSA) is 32.3 Å². The van der Waals surface area contributed by atoms with E-state index in [1.807, 2.05) is 0 Å². The normalized spacial score (nSPS) is 24.8. The molecule has 0 bridgehead atoms. The molecule has 5 heteroatoms. The van der Waals surface area contributed by atoms with Gasteiger partial charge in [0.15, 0.2) is 11.6 Å². The van der Waals surface area contributed by atoms with Gasteiger partial charge in [-0.3, -0.25) is 9.80 Å². The molecule has 1 fully saturated rings. The Hall–Kier alpha value is -3.11. The van der Waals surface area contributed by atoms with Gasteiger partial charge in [-0.15, -0.1) is 0 Å². The van der Waals surface area contributed by atoms with Crippen molar-refractivity contribution in [1.82, 2.24) is 9.97 Å². The smallest absolute Gasteiger partial charge is 0.178 e. The first-order chi connectivity index (χ1) is 16.3. The third-order valence-electron chi connectivity index (χ3n) is 7.40. The SMILES string of the molecule is Cl/C=C/C1CC2(CCC=C(C3N(c4ccccc4)c4nccnc4N3c3ccccc3)C2)C1. The fourth-order valence-electron chi connectivity index (χ4n) is 6.04. The van der Waals surface area contributed by atoms with E-state index in [9.17, 15) is 0 Å². The van der Waals surface area contributed by atoms with Crippen LogP contribution in [0.15, 0.2) is 96.3 Å². The zero-order valence-electron chi connectivity index (χ0n) is 18.5. The second-order valence-corrected chi connectivity index (χ2v) is 9.72. The van der Waals surface area contributed by atoms with Gasteiger partial charge in [0.05, 0.1) is 0 Å². The molecule has 1 aliphatic heterocycles. The van der Waals surface area contributed by atoms with Crippen molar-refractivity contribution in [3.8, 4) is 0 Å². The highest BCUT2D eigenvalue weighted by molar-refractivity contribution is 6.25. The number of para-hydroxylation sites is 2. The molecule has 166 valence electrons. The molecule has 2 heterocycles. The van der Waals surface area contributed by atoms with Crippen LogP contribution in [0.4, 0.5) is 23.0 Å². The van der Waals surface area contributed by atoms with Gasteiger partial charge in [0.25, 0.3) is 0 Å². The standard InChI is InChI=1S/C28H27ClN4/c29-15-13-21-18-28(19-21)14-7-8-22(20-28)27-32(23-9-3-1-4-10-23)25-26(31-17-16-30-25)33(27)24-11-5-2-6-12-24/h1-6,8-13,15-17,21,27H,7,14,18-20H2/b15-13+. The number of nitrogens with zero attached hydrogens (tertiary/aromatic N) is 4. The summed E-state index contributed by atoms with van der Waals surface area (Å²) < 4.78 is 0. The molecule has 0 radical (unpaired) electrons. The maximum Gasteiger partial charge on any atom is 0.178 e. The molecule has 3 aromatic rings. The van der Waals surface area contributed by atoms with E-state index in [1.165, 1.54) is 24.8 Å². The summed E-state index contributed by atoms with van der Waals surface area (Å²) >= 11 is 5.87. The molecular weight excluding hydrogens is 428 g/mol. The molecule has 2 aliphatic carbocycles. The van der Waals surface area contributed by atoms with Crippen molar-refractivity contribution < 1.29 is 0 Å². The van der Waals surface area contributed by atoms with Gasteiger partial charge in [0.1, 0.15) is 6.17 Å². The van der Waals surface area contributed by atoms with Crippen LogP contribution in [0, 0.1) is 11.3 Å². The maximum atomic E-state index is 5.87. The lowest BCUT2D eigenvalue weighted by Gasteiger charge is -2.51. The summed E-state index contributed by atoms with van der Waals surface area (Å²) in [7, 11) is 0. The van der Waals surface area contributed by atoms with Gasteiger partial charge >= 0.3 is 0 Å². The van der Waals surface area contributed by atoms with Crippen LogP contribution in [-0.4, -0.2) is 16.1 Å². The Labute approximate surface area is 200 Å². The summed E-state index contributed by atoms with van der Waals surface area (Å²) in [4.78, 5) is 14.4. The first-order valence-corrected chi connectivity index (χ1v) is 12.2. The van der Waals surface area contributed by atoms with Gasteiger partial charge in [-0.05, 0) is 73.3 Å². The van der Waals surface area contributed by atoms with Crippen molar-refractivity contribution in [3.05, 3.63) is 96.3 Å². The Bertz CT molecular complexity index is 1120. The minimum absolute atomic E-state index is 0.0204. The second-order valence-electron chi connectivity index (χ2n) is 9.47. The summed E-state index contributed by atoms with van der Waals surface area (Å²) in [5, 5.41) is 0. The molecule has 0 atom stereocenters. The lowest BCUT2D eigenvalue weighted by molar-refractivity contribution is 0.0660. The molecule has 6 rings (SSSR count). The van der Waals surface area contributed by atoms with Crippen LogP contribution >= 0.6 is 11.6 Å². The molecule has 1 aromatic heterocycles. The molecule has 4 nitrogen and oxygen atoms in total. The van der Waals surface area contributed by atoms with Crippen LogP contribution in [-0.2, 0) is 0 Å². The molecule has 0 N–H and O–H groups in total. The molecule has 0 unspecified atom stereocenters. The summed E-state index contributed by atoms with van der Waals surface area (Å²) in [5.74, 6) is 2.44. The number of rotatable bonds is 4. The van der Waals surface area contributed by atoms with E-state index in [0.29, 0.717) is 11.3 Å². The van der Waals surface area contributed by atoms with Crippen molar-refractivity contribution in [1.29, 1.82) is 0 Å². The predicted octanol–water partition coefficient (Wildman–Crippen LogP) is 7.35. The third kappa shape index (κ3) is 3.53. The predicted molar refractivity (Wildman–Crippen MR) is 135 cm³/mol. The Morgan fingerprint density at radius 2 is 1.42 bits per heavy atom. The molecule has 3 aliphatic rings. The number of hydrogen-bond donors (Lipinski definition) is 0. The molecule has 0 amide bonds. The monoisotopic (exact) mass is 454 g/mol. The summed E-state index contributed by atoms with van der Waals surface area (Å²) in [6, 6.07) is 21.2. The van der Waals surface area contributed by atoms with Crippen LogP contribution in [0.2, 0.25) is 0 Å². The van der Waals surface area contributed by atoms with E-state index < -0.39 is 0 Å². The third-order valence-corrected chi connectivity index (χ3v) is 7.55. The van der Waals surface area contributed by atoms with Crippen molar-refractivity contribution in [2.24, 2.45) is 11.3 Å². The number of aromatic nitrogens is 2. The van der Waals surface area contributed by atoms with Crippen molar-refractivity contribution >= 4 is 34.6 Å². The second kappa shape index (κ2) is 8.35. The molecule has 1 saturated carbocycles. The van der Waals surface area contributed by atoms with Crippen molar-refractivity contribution in [2.45, 2.75) is 38.3 Å². The lowest BCUT2D eigenvalue weighted by atomic mass is 9.55. The number of fused-ring (bicyclic) bond motifs is 1. The molecule has 1 spiro atoms. The van der Waals surface area contributed by atoms with Crippen LogP contribution in [0.5, 0.6) is 0 Å². The fraction of sp³-hybridized carbons (Fsp3) is 0.286.